The van der Waals surface area contributed by atoms with Crippen LogP contribution in [0.1, 0.15) is 27.7 Å². The predicted molar refractivity (Wildman–Crippen MR) is 70.1 cm³/mol. The van der Waals surface area contributed by atoms with Gasteiger partial charge in [0.05, 0.1) is 6.61 Å². The Morgan fingerprint density at radius 1 is 1.17 bits per heavy atom. The standard InChI is InChI=1S/C12H24O5Si/c1-5-12(14-10-11-9-13-11)18(15-6-2,16-7-3)17-8-4/h5,11H,6-10H2,1-4H3/b12-5+. The number of hydrogen-bond donors (Lipinski definition) is 0. The van der Waals surface area contributed by atoms with Crippen molar-refractivity contribution in [2.45, 2.75) is 33.8 Å². The van der Waals surface area contributed by atoms with Gasteiger partial charge in [0, 0.05) is 19.8 Å². The summed E-state index contributed by atoms with van der Waals surface area (Å²) in [7, 11) is -2.88. The molecule has 0 radical (unpaired) electrons. The van der Waals surface area contributed by atoms with Gasteiger partial charge in [-0.3, -0.25) is 0 Å². The molecule has 5 nitrogen and oxygen atoms in total. The third-order valence-corrected chi connectivity index (χ3v) is 5.44. The van der Waals surface area contributed by atoms with E-state index in [0.717, 1.165) is 6.61 Å². The second-order valence-electron chi connectivity index (χ2n) is 3.77. The first-order valence-electron chi connectivity index (χ1n) is 6.55. The minimum atomic E-state index is -2.88. The summed E-state index contributed by atoms with van der Waals surface area (Å²) >= 11 is 0. The van der Waals surface area contributed by atoms with Crippen molar-refractivity contribution >= 4 is 8.80 Å². The van der Waals surface area contributed by atoms with Crippen molar-refractivity contribution < 1.29 is 22.8 Å². The molecule has 0 N–H and O–H groups in total. The summed E-state index contributed by atoms with van der Waals surface area (Å²) in [6, 6.07) is 0. The van der Waals surface area contributed by atoms with E-state index >= 15 is 0 Å². The molecule has 0 bridgehead atoms. The van der Waals surface area contributed by atoms with E-state index in [1.165, 1.54) is 0 Å². The molecule has 1 saturated heterocycles. The van der Waals surface area contributed by atoms with Gasteiger partial charge in [-0.05, 0) is 33.8 Å². The summed E-state index contributed by atoms with van der Waals surface area (Å²) in [5, 5.41) is 0.684. The first-order valence-corrected chi connectivity index (χ1v) is 8.27. The van der Waals surface area contributed by atoms with Gasteiger partial charge < -0.3 is 22.8 Å². The topological polar surface area (TPSA) is 49.5 Å². The van der Waals surface area contributed by atoms with Crippen molar-refractivity contribution in [3.63, 3.8) is 0 Å². The van der Waals surface area contributed by atoms with Crippen LogP contribution in [0.3, 0.4) is 0 Å². The van der Waals surface area contributed by atoms with E-state index in [-0.39, 0.29) is 6.10 Å². The Kier molecular flexibility index (Phi) is 6.88. The molecule has 0 aromatic carbocycles. The Hall–Kier alpha value is -0.403. The highest BCUT2D eigenvalue weighted by Crippen LogP contribution is 2.23. The maximum Gasteiger partial charge on any atom is 0.573 e. The number of hydrogen-bond acceptors (Lipinski definition) is 5. The molecule has 0 aromatic rings. The van der Waals surface area contributed by atoms with Gasteiger partial charge in [-0.1, -0.05) is 0 Å². The predicted octanol–water partition coefficient (Wildman–Crippen LogP) is 1.89. The van der Waals surface area contributed by atoms with Crippen LogP contribution < -0.4 is 0 Å². The average Bonchev–Trinajstić information content (AvgIpc) is 3.15. The van der Waals surface area contributed by atoms with E-state index in [1.807, 2.05) is 33.8 Å². The second kappa shape index (κ2) is 7.91. The molecule has 0 saturated carbocycles. The number of allylic oxidation sites excluding steroid dienone is 1. The van der Waals surface area contributed by atoms with Gasteiger partial charge in [0.15, 0.2) is 5.38 Å². The lowest BCUT2D eigenvalue weighted by Crippen LogP contribution is -2.49. The van der Waals surface area contributed by atoms with Gasteiger partial charge in [-0.15, -0.1) is 0 Å². The number of ether oxygens (including phenoxy) is 2. The zero-order chi connectivity index (χ0) is 13.4. The number of epoxide rings is 1. The Labute approximate surface area is 110 Å². The van der Waals surface area contributed by atoms with Crippen LogP contribution in [-0.4, -0.2) is 47.9 Å². The molecule has 1 unspecified atom stereocenters. The molecule has 0 aromatic heterocycles. The highest BCUT2D eigenvalue weighted by molar-refractivity contribution is 6.68. The Morgan fingerprint density at radius 3 is 2.00 bits per heavy atom. The molecular weight excluding hydrogens is 252 g/mol. The fourth-order valence-corrected chi connectivity index (χ4v) is 4.03. The molecule has 1 heterocycles. The van der Waals surface area contributed by atoms with Gasteiger partial charge in [-0.2, -0.15) is 0 Å². The zero-order valence-corrected chi connectivity index (χ0v) is 12.7. The highest BCUT2D eigenvalue weighted by atomic mass is 28.4. The molecule has 1 aliphatic rings. The van der Waals surface area contributed by atoms with Gasteiger partial charge in [0.2, 0.25) is 0 Å². The fourth-order valence-electron chi connectivity index (χ4n) is 1.60. The van der Waals surface area contributed by atoms with Crippen molar-refractivity contribution in [3.8, 4) is 0 Å². The molecule has 18 heavy (non-hydrogen) atoms. The lowest BCUT2D eigenvalue weighted by Gasteiger charge is -2.29. The highest BCUT2D eigenvalue weighted by Gasteiger charge is 2.47. The van der Waals surface area contributed by atoms with E-state index < -0.39 is 8.80 Å². The SMILES string of the molecule is C/C=C(\OCC1CO1)[Si](OCC)(OCC)OCC. The van der Waals surface area contributed by atoms with E-state index in [0.29, 0.717) is 31.8 Å². The molecule has 6 heteroatoms. The van der Waals surface area contributed by atoms with Crippen molar-refractivity contribution in [1.29, 1.82) is 0 Å². The summed E-state index contributed by atoms with van der Waals surface area (Å²) in [4.78, 5) is 0. The molecular formula is C12H24O5Si. The van der Waals surface area contributed by atoms with Crippen molar-refractivity contribution in [2.75, 3.05) is 33.0 Å². The van der Waals surface area contributed by atoms with E-state index in [9.17, 15) is 0 Å². The van der Waals surface area contributed by atoms with Gasteiger partial charge in [-0.25, -0.2) is 0 Å². The van der Waals surface area contributed by atoms with Crippen LogP contribution in [0.25, 0.3) is 0 Å². The Morgan fingerprint density at radius 2 is 1.67 bits per heavy atom. The third kappa shape index (κ3) is 4.36. The third-order valence-electron chi connectivity index (χ3n) is 2.39. The van der Waals surface area contributed by atoms with Crippen LogP contribution in [0, 0.1) is 0 Å². The minimum Gasteiger partial charge on any atom is -0.492 e. The summed E-state index contributed by atoms with van der Waals surface area (Å²) < 4.78 is 28.2. The van der Waals surface area contributed by atoms with Crippen LogP contribution in [0.5, 0.6) is 0 Å². The van der Waals surface area contributed by atoms with E-state index in [4.69, 9.17) is 22.8 Å². The van der Waals surface area contributed by atoms with Crippen LogP contribution in [0.2, 0.25) is 0 Å². The van der Waals surface area contributed by atoms with E-state index in [2.05, 4.69) is 0 Å². The monoisotopic (exact) mass is 276 g/mol. The van der Waals surface area contributed by atoms with Gasteiger partial charge >= 0.3 is 8.80 Å². The quantitative estimate of drug-likeness (QED) is 0.346. The van der Waals surface area contributed by atoms with Crippen LogP contribution in [-0.2, 0) is 22.8 Å². The zero-order valence-electron chi connectivity index (χ0n) is 11.7. The van der Waals surface area contributed by atoms with Crippen LogP contribution >= 0.6 is 0 Å². The summed E-state index contributed by atoms with van der Waals surface area (Å²) in [6.07, 6.45) is 2.08. The molecule has 1 aliphatic heterocycles. The smallest absolute Gasteiger partial charge is 0.492 e. The summed E-state index contributed by atoms with van der Waals surface area (Å²) in [5.74, 6) is 0. The van der Waals surface area contributed by atoms with Crippen molar-refractivity contribution in [1.82, 2.24) is 0 Å². The molecule has 1 rings (SSSR count). The lowest BCUT2D eigenvalue weighted by atomic mass is 10.5. The van der Waals surface area contributed by atoms with Gasteiger partial charge in [0.1, 0.15) is 12.7 Å². The molecule has 0 spiro atoms. The molecule has 106 valence electrons. The van der Waals surface area contributed by atoms with Crippen molar-refractivity contribution in [2.24, 2.45) is 0 Å². The molecule has 0 aliphatic carbocycles. The maximum atomic E-state index is 5.78. The van der Waals surface area contributed by atoms with E-state index in [1.54, 1.807) is 0 Å². The summed E-state index contributed by atoms with van der Waals surface area (Å²) in [5.41, 5.74) is 0. The first-order chi connectivity index (χ1) is 8.72. The van der Waals surface area contributed by atoms with Gasteiger partial charge in [0.25, 0.3) is 0 Å². The lowest BCUT2D eigenvalue weighted by molar-refractivity contribution is 0.0543. The molecule has 1 atom stereocenters. The largest absolute Gasteiger partial charge is 0.573 e. The molecule has 0 amide bonds. The maximum absolute atomic E-state index is 5.78. The minimum absolute atomic E-state index is 0.205. The van der Waals surface area contributed by atoms with Crippen LogP contribution in [0.4, 0.5) is 0 Å². The fraction of sp³-hybridized carbons (Fsp3) is 0.833. The summed E-state index contributed by atoms with van der Waals surface area (Å²) in [6.45, 7) is 10.6. The molecule has 1 fully saturated rings. The Balaban J connectivity index is 2.73. The van der Waals surface area contributed by atoms with Crippen LogP contribution in [0.15, 0.2) is 11.5 Å². The average molecular weight is 276 g/mol. The second-order valence-corrected chi connectivity index (χ2v) is 6.25. The normalized spacial score (nSPS) is 20.0. The Bertz CT molecular complexity index is 248. The number of rotatable bonds is 10. The van der Waals surface area contributed by atoms with Crippen molar-refractivity contribution in [3.05, 3.63) is 11.5 Å². The first kappa shape index (κ1) is 15.7.